The molecular weight excluding hydrogens is 438 g/mol. The molecule has 6 rings (SSSR count). The predicted molar refractivity (Wildman–Crippen MR) is 138 cm³/mol. The molecule has 3 aromatic heterocycles. The standard InChI is InChI=1S/C17H12N4O.C11H19NO/c22-16-8-6-11(9-19-16)13-7-5-12(10-18-13)17-20-14-3-1-2-4-15(14)21-17;13-11(12-8-4-5-9-12)10-6-2-1-3-7-10/h1-10H,(H,19,22)(H,20,21);10H,1-9H2. The molecule has 1 aromatic carbocycles. The Hall–Kier alpha value is -3.74. The van der Waals surface area contributed by atoms with Gasteiger partial charge in [-0.2, -0.15) is 0 Å². The largest absolute Gasteiger partial charge is 0.342 e. The lowest BCUT2D eigenvalue weighted by atomic mass is 9.88. The summed E-state index contributed by atoms with van der Waals surface area (Å²) in [6.45, 7) is 2.05. The summed E-state index contributed by atoms with van der Waals surface area (Å²) in [4.78, 5) is 40.0. The smallest absolute Gasteiger partial charge is 0.247 e. The third-order valence-electron chi connectivity index (χ3n) is 6.88. The zero-order valence-corrected chi connectivity index (χ0v) is 19.9. The molecular formula is C28H31N5O2. The van der Waals surface area contributed by atoms with Crippen LogP contribution in [0, 0.1) is 5.92 Å². The molecule has 180 valence electrons. The summed E-state index contributed by atoms with van der Waals surface area (Å²) < 4.78 is 0. The average Bonchev–Trinajstić information content (AvgIpc) is 3.60. The monoisotopic (exact) mass is 469 g/mol. The minimum Gasteiger partial charge on any atom is -0.342 e. The number of aromatic amines is 2. The zero-order chi connectivity index (χ0) is 24.0. The van der Waals surface area contributed by atoms with Gasteiger partial charge in [0.1, 0.15) is 5.82 Å². The maximum atomic E-state index is 11.9. The van der Waals surface area contributed by atoms with Crippen LogP contribution in [0.1, 0.15) is 44.9 Å². The first kappa shape index (κ1) is 23.0. The maximum Gasteiger partial charge on any atom is 0.247 e. The van der Waals surface area contributed by atoms with Crippen LogP contribution in [0.4, 0.5) is 0 Å². The number of nitrogens with zero attached hydrogens (tertiary/aromatic N) is 3. The Bertz CT molecular complexity index is 1280. The van der Waals surface area contributed by atoms with Crippen molar-refractivity contribution in [3.63, 3.8) is 0 Å². The third-order valence-corrected chi connectivity index (χ3v) is 6.88. The number of para-hydroxylation sites is 2. The number of nitrogens with one attached hydrogen (secondary N) is 2. The maximum absolute atomic E-state index is 11.9. The van der Waals surface area contributed by atoms with Gasteiger partial charge in [-0.05, 0) is 56.0 Å². The average molecular weight is 470 g/mol. The second kappa shape index (κ2) is 10.7. The van der Waals surface area contributed by atoms with E-state index < -0.39 is 0 Å². The van der Waals surface area contributed by atoms with E-state index >= 15 is 0 Å². The normalized spacial score (nSPS) is 16.2. The zero-order valence-electron chi connectivity index (χ0n) is 19.9. The van der Waals surface area contributed by atoms with Gasteiger partial charge in [0, 0.05) is 48.6 Å². The van der Waals surface area contributed by atoms with Crippen LogP contribution >= 0.6 is 0 Å². The van der Waals surface area contributed by atoms with Crippen molar-refractivity contribution in [2.24, 2.45) is 5.92 Å². The van der Waals surface area contributed by atoms with Crippen LogP contribution in [0.15, 0.2) is 65.7 Å². The van der Waals surface area contributed by atoms with Crippen molar-refractivity contribution in [1.29, 1.82) is 0 Å². The van der Waals surface area contributed by atoms with Crippen molar-refractivity contribution >= 4 is 16.9 Å². The fourth-order valence-electron chi connectivity index (χ4n) is 4.91. The number of imidazole rings is 1. The van der Waals surface area contributed by atoms with Gasteiger partial charge < -0.3 is 14.9 Å². The number of aromatic nitrogens is 4. The highest BCUT2D eigenvalue weighted by Crippen LogP contribution is 2.26. The van der Waals surface area contributed by atoms with Gasteiger partial charge in [0.25, 0.3) is 0 Å². The van der Waals surface area contributed by atoms with Crippen molar-refractivity contribution in [3.05, 3.63) is 71.3 Å². The number of carbonyl (C=O) groups excluding carboxylic acids is 1. The van der Waals surface area contributed by atoms with Crippen LogP contribution in [-0.2, 0) is 4.79 Å². The lowest BCUT2D eigenvalue weighted by Gasteiger charge is -2.25. The van der Waals surface area contributed by atoms with Gasteiger partial charge in [0.15, 0.2) is 0 Å². The minimum atomic E-state index is -0.123. The molecule has 1 aliphatic carbocycles. The number of pyridine rings is 2. The summed E-state index contributed by atoms with van der Waals surface area (Å²) in [7, 11) is 0. The van der Waals surface area contributed by atoms with Crippen molar-refractivity contribution in [3.8, 4) is 22.6 Å². The van der Waals surface area contributed by atoms with E-state index in [2.05, 4.69) is 24.8 Å². The number of fused-ring (bicyclic) bond motifs is 1. The van der Waals surface area contributed by atoms with E-state index in [4.69, 9.17) is 0 Å². The summed E-state index contributed by atoms with van der Waals surface area (Å²) in [6.07, 6.45) is 12.0. The van der Waals surface area contributed by atoms with Gasteiger partial charge >= 0.3 is 0 Å². The molecule has 1 saturated heterocycles. The molecule has 1 aliphatic heterocycles. The van der Waals surface area contributed by atoms with Crippen molar-refractivity contribution in [1.82, 2.24) is 24.8 Å². The van der Waals surface area contributed by atoms with E-state index in [1.54, 1.807) is 18.5 Å². The first-order chi connectivity index (χ1) is 17.2. The lowest BCUT2D eigenvalue weighted by Crippen LogP contribution is -2.34. The summed E-state index contributed by atoms with van der Waals surface area (Å²) in [5, 5.41) is 0. The van der Waals surface area contributed by atoms with Gasteiger partial charge in [-0.1, -0.05) is 31.4 Å². The lowest BCUT2D eigenvalue weighted by molar-refractivity contribution is -0.135. The van der Waals surface area contributed by atoms with Gasteiger partial charge in [-0.3, -0.25) is 14.6 Å². The summed E-state index contributed by atoms with van der Waals surface area (Å²) in [5.41, 5.74) is 4.41. The minimum absolute atomic E-state index is 0.123. The quantitative estimate of drug-likeness (QED) is 0.433. The highest BCUT2D eigenvalue weighted by molar-refractivity contribution is 5.79. The molecule has 0 bridgehead atoms. The summed E-state index contributed by atoms with van der Waals surface area (Å²) in [6, 6.07) is 15.0. The molecule has 0 unspecified atom stereocenters. The molecule has 0 spiro atoms. The number of amides is 1. The third kappa shape index (κ3) is 5.50. The Morgan fingerprint density at radius 3 is 2.34 bits per heavy atom. The highest BCUT2D eigenvalue weighted by atomic mass is 16.2. The van der Waals surface area contributed by atoms with Crippen LogP contribution in [-0.4, -0.2) is 43.8 Å². The van der Waals surface area contributed by atoms with E-state index in [0.717, 1.165) is 59.6 Å². The van der Waals surface area contributed by atoms with Crippen LogP contribution in [0.25, 0.3) is 33.7 Å². The molecule has 4 heterocycles. The molecule has 7 nitrogen and oxygen atoms in total. The second-order valence-corrected chi connectivity index (χ2v) is 9.34. The van der Waals surface area contributed by atoms with Gasteiger partial charge in [0.05, 0.1) is 16.7 Å². The molecule has 0 radical (unpaired) electrons. The Labute approximate surface area is 204 Å². The van der Waals surface area contributed by atoms with E-state index in [-0.39, 0.29) is 5.56 Å². The summed E-state index contributed by atoms with van der Waals surface area (Å²) in [5.74, 6) is 1.63. The second-order valence-electron chi connectivity index (χ2n) is 9.34. The Morgan fingerprint density at radius 1 is 0.886 bits per heavy atom. The Morgan fingerprint density at radius 2 is 1.66 bits per heavy atom. The molecule has 0 atom stereocenters. The first-order valence-corrected chi connectivity index (χ1v) is 12.6. The van der Waals surface area contributed by atoms with Crippen molar-refractivity contribution in [2.75, 3.05) is 13.1 Å². The van der Waals surface area contributed by atoms with E-state index in [9.17, 15) is 9.59 Å². The highest BCUT2D eigenvalue weighted by Gasteiger charge is 2.27. The number of hydrogen-bond donors (Lipinski definition) is 2. The number of benzene rings is 1. The number of rotatable bonds is 3. The van der Waals surface area contributed by atoms with Gasteiger partial charge in [-0.15, -0.1) is 0 Å². The molecule has 1 saturated carbocycles. The predicted octanol–water partition coefficient (Wildman–Crippen LogP) is 5.17. The fourth-order valence-corrected chi connectivity index (χ4v) is 4.91. The van der Waals surface area contributed by atoms with Crippen molar-refractivity contribution < 1.29 is 4.79 Å². The summed E-state index contributed by atoms with van der Waals surface area (Å²) >= 11 is 0. The fraction of sp³-hybridized carbons (Fsp3) is 0.357. The topological polar surface area (TPSA) is 94.7 Å². The van der Waals surface area contributed by atoms with E-state index in [0.29, 0.717) is 11.8 Å². The van der Waals surface area contributed by atoms with Crippen LogP contribution in [0.3, 0.4) is 0 Å². The van der Waals surface area contributed by atoms with Crippen molar-refractivity contribution in [2.45, 2.75) is 44.9 Å². The molecule has 1 amide bonds. The first-order valence-electron chi connectivity index (χ1n) is 12.6. The van der Waals surface area contributed by atoms with E-state index in [1.807, 2.05) is 36.4 Å². The van der Waals surface area contributed by atoms with Gasteiger partial charge in [0.2, 0.25) is 11.5 Å². The number of carbonyl (C=O) groups is 1. The number of H-pyrrole nitrogens is 2. The molecule has 35 heavy (non-hydrogen) atoms. The Kier molecular flexibility index (Phi) is 7.02. The SMILES string of the molecule is O=C(C1CCCCC1)N1CCCC1.O=c1ccc(-c2ccc(-c3nc4ccccc4[nH]3)cn2)c[nH]1. The molecule has 4 aromatic rings. The van der Waals surface area contributed by atoms with Crippen LogP contribution in [0.2, 0.25) is 0 Å². The van der Waals surface area contributed by atoms with Gasteiger partial charge in [-0.25, -0.2) is 4.98 Å². The molecule has 2 N–H and O–H groups in total. The molecule has 2 aliphatic rings. The van der Waals surface area contributed by atoms with E-state index in [1.165, 1.54) is 38.2 Å². The molecule has 7 heteroatoms. The van der Waals surface area contributed by atoms with Crippen LogP contribution in [0.5, 0.6) is 0 Å². The molecule has 2 fully saturated rings. The number of hydrogen-bond acceptors (Lipinski definition) is 4. The Balaban J connectivity index is 0.000000166. The van der Waals surface area contributed by atoms with Crippen LogP contribution < -0.4 is 5.56 Å². The number of likely N-dealkylation sites (tertiary alicyclic amines) is 1.